The number of carboxylic acid groups (broad SMARTS) is 1. The van der Waals surface area contributed by atoms with Crippen molar-refractivity contribution >= 4 is 16.0 Å². The van der Waals surface area contributed by atoms with Gasteiger partial charge in [-0.25, -0.2) is 13.1 Å². The summed E-state index contributed by atoms with van der Waals surface area (Å²) in [6, 6.07) is 12.0. The molecule has 1 unspecified atom stereocenters. The average Bonchev–Trinajstić information content (AvgIpc) is 2.55. The van der Waals surface area contributed by atoms with Crippen molar-refractivity contribution in [1.82, 2.24) is 4.72 Å². The van der Waals surface area contributed by atoms with E-state index in [2.05, 4.69) is 4.72 Å². The maximum absolute atomic E-state index is 12.5. The van der Waals surface area contributed by atoms with Gasteiger partial charge in [-0.05, 0) is 43.7 Å². The highest BCUT2D eigenvalue weighted by atomic mass is 32.2. The molecule has 0 amide bonds. The van der Waals surface area contributed by atoms with Crippen LogP contribution in [0.1, 0.15) is 30.5 Å². The largest absolute Gasteiger partial charge is 0.550 e. The van der Waals surface area contributed by atoms with Crippen molar-refractivity contribution in [3.8, 4) is 5.75 Å². The number of nitrogens with one attached hydrogen (secondary N) is 1. The van der Waals surface area contributed by atoms with Gasteiger partial charge in [0.1, 0.15) is 5.75 Å². The quantitative estimate of drug-likeness (QED) is 0.769. The Morgan fingerprint density at radius 3 is 2.24 bits per heavy atom. The van der Waals surface area contributed by atoms with Gasteiger partial charge in [0, 0.05) is 12.4 Å². The molecule has 0 fully saturated rings. The fourth-order valence-corrected chi connectivity index (χ4v) is 3.55. The van der Waals surface area contributed by atoms with Crippen LogP contribution < -0.4 is 14.6 Å². The minimum atomic E-state index is -3.86. The van der Waals surface area contributed by atoms with E-state index >= 15 is 0 Å². The zero-order chi connectivity index (χ0) is 18.4. The number of sulfonamides is 1. The number of rotatable bonds is 8. The zero-order valence-corrected chi connectivity index (χ0v) is 14.9. The summed E-state index contributed by atoms with van der Waals surface area (Å²) >= 11 is 0. The summed E-state index contributed by atoms with van der Waals surface area (Å²) in [6.45, 7) is 4.20. The minimum Gasteiger partial charge on any atom is -0.550 e. The standard InChI is InChI=1S/C18H21NO5S/c1-3-24-15-8-6-14(7-9-15)17(12-18(20)21)19-25(22,23)16-10-4-13(2)5-11-16/h4-11,17,19H,3,12H2,1-2H3,(H,20,21)/p-1. The second kappa shape index (κ2) is 8.13. The van der Waals surface area contributed by atoms with Gasteiger partial charge in [0.25, 0.3) is 0 Å². The van der Waals surface area contributed by atoms with Gasteiger partial charge in [-0.2, -0.15) is 0 Å². The first kappa shape index (κ1) is 19.0. The molecule has 7 heteroatoms. The molecule has 134 valence electrons. The number of aliphatic carboxylic acids is 1. The first-order valence-electron chi connectivity index (χ1n) is 7.83. The summed E-state index contributed by atoms with van der Waals surface area (Å²) in [5.74, 6) is -0.717. The average molecular weight is 362 g/mol. The van der Waals surface area contributed by atoms with Crippen LogP contribution in [0.4, 0.5) is 0 Å². The Morgan fingerprint density at radius 2 is 1.72 bits per heavy atom. The van der Waals surface area contributed by atoms with E-state index in [0.717, 1.165) is 5.56 Å². The number of hydrogen-bond acceptors (Lipinski definition) is 5. The Kier molecular flexibility index (Phi) is 6.17. The van der Waals surface area contributed by atoms with Crippen molar-refractivity contribution < 1.29 is 23.1 Å². The third-order valence-corrected chi connectivity index (χ3v) is 5.08. The van der Waals surface area contributed by atoms with E-state index in [1.807, 2.05) is 13.8 Å². The highest BCUT2D eigenvalue weighted by Gasteiger charge is 2.21. The third-order valence-electron chi connectivity index (χ3n) is 3.59. The Hall–Kier alpha value is -2.38. The Labute approximate surface area is 147 Å². The molecule has 0 radical (unpaired) electrons. The van der Waals surface area contributed by atoms with Crippen LogP contribution in [0, 0.1) is 6.92 Å². The molecule has 0 aliphatic heterocycles. The normalized spacial score (nSPS) is 12.6. The highest BCUT2D eigenvalue weighted by molar-refractivity contribution is 7.89. The summed E-state index contributed by atoms with van der Waals surface area (Å²) in [4.78, 5) is 11.1. The van der Waals surface area contributed by atoms with Crippen LogP contribution in [-0.2, 0) is 14.8 Å². The van der Waals surface area contributed by atoms with E-state index in [4.69, 9.17) is 4.74 Å². The molecule has 0 aliphatic rings. The molecule has 2 aromatic carbocycles. The Bertz CT molecular complexity index is 814. The molecule has 0 bridgehead atoms. The fraction of sp³-hybridized carbons (Fsp3) is 0.278. The predicted molar refractivity (Wildman–Crippen MR) is 91.5 cm³/mol. The number of ether oxygens (including phenoxy) is 1. The molecule has 0 aliphatic carbocycles. The van der Waals surface area contributed by atoms with Gasteiger partial charge in [0.05, 0.1) is 17.5 Å². The number of carbonyl (C=O) groups excluding carboxylic acids is 1. The van der Waals surface area contributed by atoms with Gasteiger partial charge < -0.3 is 14.6 Å². The first-order chi connectivity index (χ1) is 11.8. The van der Waals surface area contributed by atoms with Gasteiger partial charge >= 0.3 is 0 Å². The van der Waals surface area contributed by atoms with Crippen molar-refractivity contribution in [3.63, 3.8) is 0 Å². The summed E-state index contributed by atoms with van der Waals surface area (Å²) in [5.41, 5.74) is 1.44. The van der Waals surface area contributed by atoms with Crippen molar-refractivity contribution in [1.29, 1.82) is 0 Å². The molecule has 0 aromatic heterocycles. The molecule has 1 atom stereocenters. The number of carboxylic acids is 1. The van der Waals surface area contributed by atoms with E-state index in [1.165, 1.54) is 12.1 Å². The second-order valence-electron chi connectivity index (χ2n) is 5.57. The topological polar surface area (TPSA) is 95.5 Å². The van der Waals surface area contributed by atoms with Gasteiger partial charge in [0.2, 0.25) is 10.0 Å². The first-order valence-corrected chi connectivity index (χ1v) is 9.31. The van der Waals surface area contributed by atoms with Crippen LogP contribution in [-0.4, -0.2) is 21.0 Å². The molecular weight excluding hydrogens is 342 g/mol. The molecule has 2 aromatic rings. The van der Waals surface area contributed by atoms with E-state index in [1.54, 1.807) is 36.4 Å². The van der Waals surface area contributed by atoms with Crippen molar-refractivity contribution in [2.75, 3.05) is 6.61 Å². The molecular formula is C18H20NO5S-. The molecule has 25 heavy (non-hydrogen) atoms. The maximum atomic E-state index is 12.5. The SMILES string of the molecule is CCOc1ccc(C(CC(=O)[O-])NS(=O)(=O)c2ccc(C)cc2)cc1. The van der Waals surface area contributed by atoms with Crippen LogP contribution in [0.3, 0.4) is 0 Å². The van der Waals surface area contributed by atoms with Crippen molar-refractivity contribution in [2.45, 2.75) is 31.2 Å². The molecule has 0 saturated heterocycles. The molecule has 1 N–H and O–H groups in total. The van der Waals surface area contributed by atoms with E-state index < -0.39 is 28.5 Å². The Balaban J connectivity index is 2.27. The molecule has 0 saturated carbocycles. The minimum absolute atomic E-state index is 0.0763. The van der Waals surface area contributed by atoms with Crippen LogP contribution in [0.5, 0.6) is 5.75 Å². The summed E-state index contributed by atoms with van der Waals surface area (Å²) < 4.78 is 32.8. The maximum Gasteiger partial charge on any atom is 0.241 e. The molecule has 6 nitrogen and oxygen atoms in total. The summed E-state index contributed by atoms with van der Waals surface area (Å²) in [7, 11) is -3.86. The number of carbonyl (C=O) groups is 1. The van der Waals surface area contributed by atoms with Gasteiger partial charge in [-0.3, -0.25) is 0 Å². The summed E-state index contributed by atoms with van der Waals surface area (Å²) in [6.07, 6.45) is -0.473. The van der Waals surface area contributed by atoms with E-state index in [-0.39, 0.29) is 4.90 Å². The molecule has 0 heterocycles. The third kappa shape index (κ3) is 5.30. The van der Waals surface area contributed by atoms with Crippen LogP contribution >= 0.6 is 0 Å². The lowest BCUT2D eigenvalue weighted by molar-refractivity contribution is -0.306. The van der Waals surface area contributed by atoms with Gasteiger partial charge in [0.15, 0.2) is 0 Å². The summed E-state index contributed by atoms with van der Waals surface area (Å²) in [5, 5.41) is 11.0. The van der Waals surface area contributed by atoms with Gasteiger partial charge in [-0.1, -0.05) is 29.8 Å². The van der Waals surface area contributed by atoms with Crippen LogP contribution in [0.25, 0.3) is 0 Å². The second-order valence-corrected chi connectivity index (χ2v) is 7.28. The smallest absolute Gasteiger partial charge is 0.241 e. The number of hydrogen-bond donors (Lipinski definition) is 1. The lowest BCUT2D eigenvalue weighted by Crippen LogP contribution is -2.34. The predicted octanol–water partition coefficient (Wildman–Crippen LogP) is 1.55. The number of aryl methyl sites for hydroxylation is 1. The van der Waals surface area contributed by atoms with E-state index in [9.17, 15) is 18.3 Å². The highest BCUT2D eigenvalue weighted by Crippen LogP contribution is 2.23. The Morgan fingerprint density at radius 1 is 1.12 bits per heavy atom. The van der Waals surface area contributed by atoms with Crippen molar-refractivity contribution in [2.24, 2.45) is 0 Å². The lowest BCUT2D eigenvalue weighted by atomic mass is 10.0. The number of benzene rings is 2. The molecule has 0 spiro atoms. The zero-order valence-electron chi connectivity index (χ0n) is 14.1. The lowest BCUT2D eigenvalue weighted by Gasteiger charge is -2.20. The van der Waals surface area contributed by atoms with Crippen molar-refractivity contribution in [3.05, 3.63) is 59.7 Å². The monoisotopic (exact) mass is 362 g/mol. The van der Waals surface area contributed by atoms with Gasteiger partial charge in [-0.15, -0.1) is 0 Å². The van der Waals surface area contributed by atoms with Crippen LogP contribution in [0.15, 0.2) is 53.4 Å². The van der Waals surface area contributed by atoms with Crippen LogP contribution in [0.2, 0.25) is 0 Å². The fourth-order valence-electron chi connectivity index (χ4n) is 2.33. The van der Waals surface area contributed by atoms with E-state index in [0.29, 0.717) is 17.9 Å². The molecule has 2 rings (SSSR count).